The quantitative estimate of drug-likeness (QED) is 0.323. The van der Waals surface area contributed by atoms with Gasteiger partial charge in [-0.05, 0) is 51.4 Å². The van der Waals surface area contributed by atoms with E-state index < -0.39 is 0 Å². The van der Waals surface area contributed by atoms with Gasteiger partial charge in [0.05, 0.1) is 0 Å². The fourth-order valence-corrected chi connectivity index (χ4v) is 3.50. The maximum atomic E-state index is 2.33. The highest BCUT2D eigenvalue weighted by Gasteiger charge is 2.09. The number of benzene rings is 4. The number of anilines is 1. The van der Waals surface area contributed by atoms with Crippen LogP contribution in [0, 0.1) is 0 Å². The molecule has 1 nitrogen and oxygen atoms in total. The van der Waals surface area contributed by atoms with Crippen molar-refractivity contribution in [3.05, 3.63) is 78.9 Å². The molecule has 0 atom stereocenters. The Labute approximate surface area is 142 Å². The van der Waals surface area contributed by atoms with E-state index >= 15 is 0 Å². The third-order valence-corrected chi connectivity index (χ3v) is 4.78. The molecule has 0 aliphatic carbocycles. The lowest BCUT2D eigenvalue weighted by molar-refractivity contribution is 1.03. The second-order valence-electron chi connectivity index (χ2n) is 6.27. The molecule has 0 unspecified atom stereocenters. The standard InChI is InChI=1S/C23H21N/c1-3-4-15-24(2)17-13-14-22-20-11-6-5-9-18(20)19-10-7-8-12-21(19)23(22)16-17/h3-14,16H,15H2,1-2H3/b4-3-. The third kappa shape index (κ3) is 2.33. The number of likely N-dealkylation sites (N-methyl/N-ethyl adjacent to an activating group) is 1. The van der Waals surface area contributed by atoms with E-state index in [0.717, 1.165) is 6.54 Å². The van der Waals surface area contributed by atoms with Gasteiger partial charge in [-0.1, -0.05) is 66.7 Å². The summed E-state index contributed by atoms with van der Waals surface area (Å²) in [6.07, 6.45) is 4.28. The van der Waals surface area contributed by atoms with E-state index in [4.69, 9.17) is 0 Å². The maximum Gasteiger partial charge on any atom is 0.0373 e. The molecule has 0 saturated heterocycles. The SMILES string of the molecule is C/C=C\CN(C)c1ccc2c3ccccc3c3ccccc3c2c1. The second-order valence-corrected chi connectivity index (χ2v) is 6.27. The van der Waals surface area contributed by atoms with Crippen molar-refractivity contribution in [2.45, 2.75) is 6.92 Å². The fourth-order valence-electron chi connectivity index (χ4n) is 3.50. The average Bonchev–Trinajstić information content (AvgIpc) is 2.66. The van der Waals surface area contributed by atoms with Gasteiger partial charge in [-0.3, -0.25) is 0 Å². The first-order valence-electron chi connectivity index (χ1n) is 8.45. The van der Waals surface area contributed by atoms with Crippen LogP contribution in [0.4, 0.5) is 5.69 Å². The predicted molar refractivity (Wildman–Crippen MR) is 107 cm³/mol. The molecule has 0 aliphatic rings. The Morgan fingerprint density at radius 1 is 0.708 bits per heavy atom. The minimum Gasteiger partial charge on any atom is -0.371 e. The molecule has 4 aromatic rings. The number of allylic oxidation sites excluding steroid dienone is 1. The Hall–Kier alpha value is -2.80. The smallest absolute Gasteiger partial charge is 0.0373 e. The average molecular weight is 311 g/mol. The summed E-state index contributed by atoms with van der Waals surface area (Å²) in [6.45, 7) is 2.99. The molecule has 4 rings (SSSR count). The third-order valence-electron chi connectivity index (χ3n) is 4.78. The first-order chi connectivity index (χ1) is 11.8. The van der Waals surface area contributed by atoms with Gasteiger partial charge in [0.25, 0.3) is 0 Å². The molecule has 0 fully saturated rings. The zero-order valence-corrected chi connectivity index (χ0v) is 14.2. The summed E-state index contributed by atoms with van der Waals surface area (Å²) in [6, 6.07) is 24.3. The molecule has 4 aromatic carbocycles. The second kappa shape index (κ2) is 6.01. The minimum atomic E-state index is 0.924. The molecular formula is C23H21N. The zero-order chi connectivity index (χ0) is 16.5. The van der Waals surface area contributed by atoms with E-state index in [2.05, 4.69) is 97.8 Å². The topological polar surface area (TPSA) is 3.24 Å². The predicted octanol–water partition coefficient (Wildman–Crippen LogP) is 6.16. The molecule has 0 amide bonds. The Balaban J connectivity index is 2.06. The van der Waals surface area contributed by atoms with E-state index in [1.165, 1.54) is 38.0 Å². The number of hydrogen-bond donors (Lipinski definition) is 0. The van der Waals surface area contributed by atoms with Gasteiger partial charge in [0.1, 0.15) is 0 Å². The normalized spacial score (nSPS) is 11.8. The number of fused-ring (bicyclic) bond motifs is 6. The van der Waals surface area contributed by atoms with Crippen LogP contribution >= 0.6 is 0 Å². The number of nitrogens with zero attached hydrogens (tertiary/aromatic N) is 1. The Morgan fingerprint density at radius 3 is 1.75 bits per heavy atom. The summed E-state index contributed by atoms with van der Waals surface area (Å²) in [5, 5.41) is 7.97. The van der Waals surface area contributed by atoms with Crippen LogP contribution in [-0.4, -0.2) is 13.6 Å². The Bertz CT molecular complexity index is 1020. The molecule has 0 bridgehead atoms. The van der Waals surface area contributed by atoms with Crippen molar-refractivity contribution in [1.82, 2.24) is 0 Å². The zero-order valence-electron chi connectivity index (χ0n) is 14.2. The largest absolute Gasteiger partial charge is 0.371 e. The number of rotatable bonds is 3. The lowest BCUT2D eigenvalue weighted by Crippen LogP contribution is -2.16. The van der Waals surface area contributed by atoms with Crippen LogP contribution in [0.3, 0.4) is 0 Å². The van der Waals surface area contributed by atoms with Crippen LogP contribution in [0.2, 0.25) is 0 Å². The molecular weight excluding hydrogens is 290 g/mol. The fraction of sp³-hybridized carbons (Fsp3) is 0.130. The van der Waals surface area contributed by atoms with Crippen molar-refractivity contribution in [2.24, 2.45) is 0 Å². The Kier molecular flexibility index (Phi) is 3.70. The van der Waals surface area contributed by atoms with Gasteiger partial charge in [0.2, 0.25) is 0 Å². The highest BCUT2D eigenvalue weighted by Crippen LogP contribution is 2.36. The van der Waals surface area contributed by atoms with E-state index in [9.17, 15) is 0 Å². The molecule has 0 saturated carbocycles. The van der Waals surface area contributed by atoms with Crippen LogP contribution < -0.4 is 4.90 Å². The van der Waals surface area contributed by atoms with E-state index in [0.29, 0.717) is 0 Å². The molecule has 0 spiro atoms. The molecule has 0 radical (unpaired) electrons. The molecule has 0 heterocycles. The van der Waals surface area contributed by atoms with Crippen molar-refractivity contribution >= 4 is 38.0 Å². The van der Waals surface area contributed by atoms with Crippen LogP contribution in [0.25, 0.3) is 32.3 Å². The van der Waals surface area contributed by atoms with Crippen molar-refractivity contribution in [2.75, 3.05) is 18.5 Å². The van der Waals surface area contributed by atoms with E-state index in [1.807, 2.05) is 0 Å². The Morgan fingerprint density at radius 2 is 1.21 bits per heavy atom. The highest BCUT2D eigenvalue weighted by molar-refractivity contribution is 6.25. The summed E-state index contributed by atoms with van der Waals surface area (Å²) in [4.78, 5) is 2.28. The lowest BCUT2D eigenvalue weighted by atomic mass is 9.94. The van der Waals surface area contributed by atoms with Crippen molar-refractivity contribution in [3.63, 3.8) is 0 Å². The molecule has 24 heavy (non-hydrogen) atoms. The summed E-state index contributed by atoms with van der Waals surface area (Å²) in [5.41, 5.74) is 1.25. The highest BCUT2D eigenvalue weighted by atomic mass is 15.1. The van der Waals surface area contributed by atoms with Gasteiger partial charge in [0, 0.05) is 19.3 Å². The number of hydrogen-bond acceptors (Lipinski definition) is 1. The molecule has 0 N–H and O–H groups in total. The van der Waals surface area contributed by atoms with Crippen molar-refractivity contribution < 1.29 is 0 Å². The first-order valence-corrected chi connectivity index (χ1v) is 8.45. The van der Waals surface area contributed by atoms with Gasteiger partial charge in [-0.25, -0.2) is 0 Å². The van der Waals surface area contributed by atoms with Gasteiger partial charge in [0.15, 0.2) is 0 Å². The van der Waals surface area contributed by atoms with Gasteiger partial charge in [-0.2, -0.15) is 0 Å². The van der Waals surface area contributed by atoms with Crippen LogP contribution in [0.15, 0.2) is 78.9 Å². The summed E-state index contributed by atoms with van der Waals surface area (Å²) in [7, 11) is 2.14. The van der Waals surface area contributed by atoms with Crippen molar-refractivity contribution in [3.8, 4) is 0 Å². The van der Waals surface area contributed by atoms with Gasteiger partial charge in [-0.15, -0.1) is 0 Å². The summed E-state index contributed by atoms with van der Waals surface area (Å²) < 4.78 is 0. The van der Waals surface area contributed by atoms with Crippen LogP contribution in [0.5, 0.6) is 0 Å². The van der Waals surface area contributed by atoms with E-state index in [1.54, 1.807) is 0 Å². The summed E-state index contributed by atoms with van der Waals surface area (Å²) in [5.74, 6) is 0. The monoisotopic (exact) mass is 311 g/mol. The minimum absolute atomic E-state index is 0.924. The van der Waals surface area contributed by atoms with Crippen molar-refractivity contribution in [1.29, 1.82) is 0 Å². The van der Waals surface area contributed by atoms with Gasteiger partial charge < -0.3 is 4.90 Å². The molecule has 118 valence electrons. The first kappa shape index (κ1) is 14.8. The molecule has 0 aliphatic heterocycles. The molecule has 1 heteroatoms. The lowest BCUT2D eigenvalue weighted by Gasteiger charge is -2.19. The van der Waals surface area contributed by atoms with Crippen LogP contribution in [-0.2, 0) is 0 Å². The van der Waals surface area contributed by atoms with Crippen LogP contribution in [0.1, 0.15) is 6.92 Å². The maximum absolute atomic E-state index is 2.33. The summed E-state index contributed by atoms with van der Waals surface area (Å²) >= 11 is 0. The van der Waals surface area contributed by atoms with E-state index in [-0.39, 0.29) is 0 Å². The van der Waals surface area contributed by atoms with Gasteiger partial charge >= 0.3 is 0 Å². The molecule has 0 aromatic heterocycles.